The third-order valence-corrected chi connectivity index (χ3v) is 3.04. The molecule has 7 heteroatoms. The molecule has 0 heterocycles. The molecule has 0 radical (unpaired) electrons. The van der Waals surface area contributed by atoms with Gasteiger partial charge >= 0.3 is 18.1 Å². The van der Waals surface area contributed by atoms with E-state index in [4.69, 9.17) is 5.11 Å². The number of carbonyl (C=O) groups is 2. The first-order valence-corrected chi connectivity index (χ1v) is 5.48. The van der Waals surface area contributed by atoms with Crippen molar-refractivity contribution in [1.82, 2.24) is 5.32 Å². The van der Waals surface area contributed by atoms with Crippen LogP contribution in [0.5, 0.6) is 0 Å². The van der Waals surface area contributed by atoms with Crippen LogP contribution in [0.3, 0.4) is 0 Å². The van der Waals surface area contributed by atoms with Crippen molar-refractivity contribution in [1.29, 1.82) is 0 Å². The third kappa shape index (κ3) is 2.69. The van der Waals surface area contributed by atoms with E-state index >= 15 is 0 Å². The molecule has 1 amide bonds. The lowest BCUT2D eigenvalue weighted by atomic mass is 10.0. The first kappa shape index (κ1) is 13.4. The molecule has 1 aliphatic rings. The van der Waals surface area contributed by atoms with Crippen LogP contribution in [0.2, 0.25) is 0 Å². The number of rotatable bonds is 3. The molecule has 19 heavy (non-hydrogen) atoms. The largest absolute Gasteiger partial charge is 0.478 e. The van der Waals surface area contributed by atoms with Crippen LogP contribution in [-0.4, -0.2) is 23.2 Å². The van der Waals surface area contributed by atoms with Crippen molar-refractivity contribution in [2.45, 2.75) is 24.6 Å². The van der Waals surface area contributed by atoms with Crippen molar-refractivity contribution in [2.24, 2.45) is 0 Å². The Morgan fingerprint density at radius 1 is 1.16 bits per heavy atom. The van der Waals surface area contributed by atoms with Crippen molar-refractivity contribution >= 4 is 11.9 Å². The fraction of sp³-hybridized carbons (Fsp3) is 0.333. The highest BCUT2D eigenvalue weighted by Crippen LogP contribution is 2.46. The molecule has 0 aromatic heterocycles. The Kier molecular flexibility index (Phi) is 3.00. The van der Waals surface area contributed by atoms with Crippen LogP contribution in [0.15, 0.2) is 24.3 Å². The quantitative estimate of drug-likeness (QED) is 0.885. The summed E-state index contributed by atoms with van der Waals surface area (Å²) in [5, 5.41) is 10.7. The van der Waals surface area contributed by atoms with Crippen LogP contribution in [0, 0.1) is 0 Å². The second-order valence-corrected chi connectivity index (χ2v) is 4.42. The summed E-state index contributed by atoms with van der Waals surface area (Å²) in [6, 6.07) is 5.45. The van der Waals surface area contributed by atoms with Gasteiger partial charge in [-0.1, -0.05) is 12.1 Å². The number of halogens is 3. The van der Waals surface area contributed by atoms with E-state index in [1.807, 2.05) is 5.32 Å². The predicted octanol–water partition coefficient (Wildman–Crippen LogP) is 2.05. The maximum absolute atomic E-state index is 12.2. The second kappa shape index (κ2) is 4.25. The molecule has 0 saturated heterocycles. The van der Waals surface area contributed by atoms with Gasteiger partial charge in [0, 0.05) is 0 Å². The lowest BCUT2D eigenvalue weighted by molar-refractivity contribution is -0.174. The molecule has 0 atom stereocenters. The van der Waals surface area contributed by atoms with Crippen LogP contribution in [-0.2, 0) is 10.3 Å². The number of aromatic carboxylic acids is 1. The van der Waals surface area contributed by atoms with E-state index in [2.05, 4.69) is 0 Å². The fourth-order valence-corrected chi connectivity index (χ4v) is 1.83. The molecule has 0 aliphatic heterocycles. The number of hydrogen-bond acceptors (Lipinski definition) is 2. The van der Waals surface area contributed by atoms with Crippen molar-refractivity contribution in [3.05, 3.63) is 35.4 Å². The normalized spacial score (nSPS) is 16.8. The minimum absolute atomic E-state index is 0.0432. The molecular weight excluding hydrogens is 263 g/mol. The minimum atomic E-state index is -4.92. The Labute approximate surface area is 106 Å². The lowest BCUT2D eigenvalue weighted by Crippen LogP contribution is -2.43. The van der Waals surface area contributed by atoms with Gasteiger partial charge in [0.05, 0.1) is 11.1 Å². The van der Waals surface area contributed by atoms with Gasteiger partial charge in [-0.25, -0.2) is 4.79 Å². The molecule has 0 bridgehead atoms. The number of benzene rings is 1. The molecular formula is C12H10F3NO3. The fourth-order valence-electron chi connectivity index (χ4n) is 1.83. The number of amides is 1. The number of hydrogen-bond donors (Lipinski definition) is 2. The van der Waals surface area contributed by atoms with E-state index in [-0.39, 0.29) is 5.56 Å². The molecule has 2 rings (SSSR count). The smallest absolute Gasteiger partial charge is 0.471 e. The average Bonchev–Trinajstić information content (AvgIpc) is 3.09. The zero-order valence-corrected chi connectivity index (χ0v) is 9.62. The van der Waals surface area contributed by atoms with Gasteiger partial charge in [-0.05, 0) is 30.5 Å². The molecule has 0 unspecified atom stereocenters. The van der Waals surface area contributed by atoms with Crippen LogP contribution >= 0.6 is 0 Å². The molecule has 2 N–H and O–H groups in total. The Morgan fingerprint density at radius 2 is 1.68 bits per heavy atom. The maximum Gasteiger partial charge on any atom is 0.471 e. The first-order valence-electron chi connectivity index (χ1n) is 5.48. The van der Waals surface area contributed by atoms with Crippen LogP contribution in [0.4, 0.5) is 13.2 Å². The van der Waals surface area contributed by atoms with Crippen LogP contribution < -0.4 is 5.32 Å². The maximum atomic E-state index is 12.2. The number of alkyl halides is 3. The molecule has 1 aliphatic carbocycles. The molecule has 1 fully saturated rings. The molecule has 1 saturated carbocycles. The molecule has 1 aromatic carbocycles. The van der Waals surface area contributed by atoms with E-state index in [0.29, 0.717) is 18.4 Å². The van der Waals surface area contributed by atoms with Gasteiger partial charge in [0.2, 0.25) is 0 Å². The minimum Gasteiger partial charge on any atom is -0.478 e. The van der Waals surface area contributed by atoms with Gasteiger partial charge in [-0.3, -0.25) is 4.79 Å². The van der Waals surface area contributed by atoms with E-state index in [1.165, 1.54) is 24.3 Å². The second-order valence-electron chi connectivity index (χ2n) is 4.42. The zero-order valence-electron chi connectivity index (χ0n) is 9.62. The summed E-state index contributed by atoms with van der Waals surface area (Å²) in [5.74, 6) is -3.09. The average molecular weight is 273 g/mol. The highest BCUT2D eigenvalue weighted by molar-refractivity contribution is 5.87. The number of carboxylic acids is 1. The summed E-state index contributed by atoms with van der Waals surface area (Å²) in [6.07, 6.45) is -4.11. The van der Waals surface area contributed by atoms with E-state index in [0.717, 1.165) is 0 Å². The standard InChI is InChI=1S/C12H10F3NO3/c13-12(14,15)10(19)16-11(5-6-11)8-3-1-7(2-4-8)9(17)18/h1-4H,5-6H2,(H,16,19)(H,17,18). The van der Waals surface area contributed by atoms with E-state index < -0.39 is 23.6 Å². The SMILES string of the molecule is O=C(O)c1ccc(C2(NC(=O)C(F)(F)F)CC2)cc1. The van der Waals surface area contributed by atoms with Crippen LogP contribution in [0.1, 0.15) is 28.8 Å². The van der Waals surface area contributed by atoms with Crippen molar-refractivity contribution in [3.8, 4) is 0 Å². The van der Waals surface area contributed by atoms with Crippen molar-refractivity contribution < 1.29 is 27.9 Å². The summed E-state index contributed by atoms with van der Waals surface area (Å²) in [4.78, 5) is 21.6. The molecule has 0 spiro atoms. The van der Waals surface area contributed by atoms with E-state index in [1.54, 1.807) is 0 Å². The summed E-state index contributed by atoms with van der Waals surface area (Å²) < 4.78 is 36.6. The summed E-state index contributed by atoms with van der Waals surface area (Å²) in [7, 11) is 0. The van der Waals surface area contributed by atoms with Crippen LogP contribution in [0.25, 0.3) is 0 Å². The van der Waals surface area contributed by atoms with E-state index in [9.17, 15) is 22.8 Å². The number of carbonyl (C=O) groups excluding carboxylic acids is 1. The summed E-state index contributed by atoms with van der Waals surface area (Å²) in [6.45, 7) is 0. The highest BCUT2D eigenvalue weighted by Gasteiger charge is 2.50. The molecule has 1 aromatic rings. The van der Waals surface area contributed by atoms with Gasteiger partial charge in [0.15, 0.2) is 0 Å². The number of carboxylic acid groups (broad SMARTS) is 1. The Balaban J connectivity index is 2.17. The van der Waals surface area contributed by atoms with Gasteiger partial charge in [0.1, 0.15) is 0 Å². The Hall–Kier alpha value is -2.05. The van der Waals surface area contributed by atoms with Gasteiger partial charge in [-0.2, -0.15) is 13.2 Å². The van der Waals surface area contributed by atoms with Crippen molar-refractivity contribution in [3.63, 3.8) is 0 Å². The molecule has 4 nitrogen and oxygen atoms in total. The van der Waals surface area contributed by atoms with Crippen molar-refractivity contribution in [2.75, 3.05) is 0 Å². The topological polar surface area (TPSA) is 66.4 Å². The molecule has 102 valence electrons. The summed E-state index contributed by atoms with van der Waals surface area (Å²) in [5.41, 5.74) is -0.485. The van der Waals surface area contributed by atoms with Gasteiger partial charge in [-0.15, -0.1) is 0 Å². The third-order valence-electron chi connectivity index (χ3n) is 3.04. The first-order chi connectivity index (χ1) is 8.74. The summed E-state index contributed by atoms with van der Waals surface area (Å²) >= 11 is 0. The lowest BCUT2D eigenvalue weighted by Gasteiger charge is -2.19. The highest BCUT2D eigenvalue weighted by atomic mass is 19.4. The van der Waals surface area contributed by atoms with Gasteiger partial charge in [0.25, 0.3) is 0 Å². The predicted molar refractivity (Wildman–Crippen MR) is 58.5 cm³/mol. The number of nitrogens with one attached hydrogen (secondary N) is 1. The van der Waals surface area contributed by atoms with Gasteiger partial charge < -0.3 is 10.4 Å². The Bertz CT molecular complexity index is 518. The monoisotopic (exact) mass is 273 g/mol. The zero-order chi connectivity index (χ0) is 14.3. The Morgan fingerprint density at radius 3 is 2.05 bits per heavy atom.